The van der Waals surface area contributed by atoms with Crippen molar-refractivity contribution in [3.05, 3.63) is 64.6 Å². The molecule has 0 bridgehead atoms. The molecule has 118 valence electrons. The molecule has 3 rings (SSSR count). The van der Waals surface area contributed by atoms with Gasteiger partial charge in [-0.2, -0.15) is 0 Å². The fourth-order valence-electron chi connectivity index (χ4n) is 2.39. The fourth-order valence-corrected chi connectivity index (χ4v) is 2.39. The van der Waals surface area contributed by atoms with Crippen LogP contribution in [0.4, 0.5) is 10.5 Å². The summed E-state index contributed by atoms with van der Waals surface area (Å²) in [7, 11) is 1.62. The number of nitrogens with zero attached hydrogens (tertiary/aromatic N) is 1. The lowest BCUT2D eigenvalue weighted by molar-refractivity contribution is 0.249. The smallest absolute Gasteiger partial charge is 0.408 e. The highest BCUT2D eigenvalue weighted by atomic mass is 16.4. The maximum atomic E-state index is 12.1. The van der Waals surface area contributed by atoms with Gasteiger partial charge >= 0.3 is 11.8 Å². The number of urea groups is 1. The predicted octanol–water partition coefficient (Wildman–Crippen LogP) is 3.01. The van der Waals surface area contributed by atoms with Crippen LogP contribution in [0, 0.1) is 0 Å². The molecule has 0 aliphatic heterocycles. The molecule has 0 radical (unpaired) electrons. The van der Waals surface area contributed by atoms with E-state index in [1.165, 1.54) is 4.57 Å². The summed E-state index contributed by atoms with van der Waals surface area (Å²) >= 11 is 0. The molecule has 6 nitrogen and oxygen atoms in total. The van der Waals surface area contributed by atoms with E-state index in [9.17, 15) is 9.59 Å². The summed E-state index contributed by atoms with van der Waals surface area (Å²) in [5, 5.41) is 5.63. The molecule has 1 heterocycles. The van der Waals surface area contributed by atoms with Crippen LogP contribution in [-0.4, -0.2) is 10.6 Å². The molecule has 0 saturated heterocycles. The maximum absolute atomic E-state index is 12.1. The first-order chi connectivity index (χ1) is 11.0. The zero-order chi connectivity index (χ0) is 16.4. The summed E-state index contributed by atoms with van der Waals surface area (Å²) in [6.07, 6.45) is 0. The first-order valence-electron chi connectivity index (χ1n) is 7.26. The zero-order valence-electron chi connectivity index (χ0n) is 12.9. The Hall–Kier alpha value is -3.02. The number of carbonyl (C=O) groups is 1. The average Bonchev–Trinajstić information content (AvgIpc) is 2.83. The standard InChI is InChI=1S/C17H17N3O3/c1-11(12-6-4-3-5-7-12)18-16(21)19-13-8-9-15-14(10-13)20(2)17(22)23-15/h3-11H,1-2H3,(H2,18,19,21)/t11-/m0/s1. The first kappa shape index (κ1) is 14.9. The molecule has 3 aromatic rings. The van der Waals surface area contributed by atoms with E-state index in [1.54, 1.807) is 25.2 Å². The fraction of sp³-hybridized carbons (Fsp3) is 0.176. The van der Waals surface area contributed by atoms with E-state index < -0.39 is 5.76 Å². The van der Waals surface area contributed by atoms with Crippen LogP contribution in [0.3, 0.4) is 0 Å². The molecule has 0 aliphatic rings. The van der Waals surface area contributed by atoms with Crippen molar-refractivity contribution in [2.24, 2.45) is 7.05 Å². The van der Waals surface area contributed by atoms with Crippen LogP contribution in [0.25, 0.3) is 11.1 Å². The monoisotopic (exact) mass is 311 g/mol. The summed E-state index contributed by atoms with van der Waals surface area (Å²) < 4.78 is 6.45. The van der Waals surface area contributed by atoms with Gasteiger partial charge in [0.15, 0.2) is 5.58 Å². The lowest BCUT2D eigenvalue weighted by Crippen LogP contribution is -2.31. The van der Waals surface area contributed by atoms with Crippen molar-refractivity contribution in [1.82, 2.24) is 9.88 Å². The summed E-state index contributed by atoms with van der Waals surface area (Å²) in [6.45, 7) is 1.91. The summed E-state index contributed by atoms with van der Waals surface area (Å²) in [6, 6.07) is 14.3. The predicted molar refractivity (Wildman–Crippen MR) is 88.5 cm³/mol. The maximum Gasteiger partial charge on any atom is 0.419 e. The third-order valence-corrected chi connectivity index (χ3v) is 3.70. The number of carbonyl (C=O) groups excluding carboxylic acids is 1. The zero-order valence-corrected chi connectivity index (χ0v) is 12.9. The Kier molecular flexibility index (Phi) is 3.89. The van der Waals surface area contributed by atoms with Crippen LogP contribution in [0.1, 0.15) is 18.5 Å². The van der Waals surface area contributed by atoms with Crippen molar-refractivity contribution < 1.29 is 9.21 Å². The van der Waals surface area contributed by atoms with Gasteiger partial charge in [0, 0.05) is 12.7 Å². The number of nitrogens with one attached hydrogen (secondary N) is 2. The van der Waals surface area contributed by atoms with Crippen LogP contribution >= 0.6 is 0 Å². The number of hydrogen-bond acceptors (Lipinski definition) is 3. The second kappa shape index (κ2) is 6.00. The van der Waals surface area contributed by atoms with E-state index in [0.29, 0.717) is 16.8 Å². The first-order valence-corrected chi connectivity index (χ1v) is 7.26. The molecular formula is C17H17N3O3. The van der Waals surface area contributed by atoms with Crippen molar-refractivity contribution in [3.8, 4) is 0 Å². The SMILES string of the molecule is C[C@H](NC(=O)Nc1ccc2oc(=O)n(C)c2c1)c1ccccc1. The largest absolute Gasteiger partial charge is 0.419 e. The van der Waals surface area contributed by atoms with E-state index in [1.807, 2.05) is 37.3 Å². The Morgan fingerprint density at radius 2 is 1.91 bits per heavy atom. The minimum Gasteiger partial charge on any atom is -0.408 e. The van der Waals surface area contributed by atoms with Crippen LogP contribution in [0.5, 0.6) is 0 Å². The number of oxazole rings is 1. The van der Waals surface area contributed by atoms with Crippen molar-refractivity contribution in [2.45, 2.75) is 13.0 Å². The highest BCUT2D eigenvalue weighted by Gasteiger charge is 2.11. The molecule has 1 aromatic heterocycles. The van der Waals surface area contributed by atoms with Gasteiger partial charge in [-0.25, -0.2) is 9.59 Å². The molecule has 0 fully saturated rings. The van der Waals surface area contributed by atoms with Gasteiger partial charge in [-0.15, -0.1) is 0 Å². The Morgan fingerprint density at radius 1 is 1.17 bits per heavy atom. The molecule has 2 amide bonds. The summed E-state index contributed by atoms with van der Waals surface area (Å²) in [5.41, 5.74) is 2.73. The Balaban J connectivity index is 1.73. The lowest BCUT2D eigenvalue weighted by Gasteiger charge is -2.15. The third kappa shape index (κ3) is 3.11. The molecule has 0 spiro atoms. The van der Waals surface area contributed by atoms with Crippen molar-refractivity contribution in [3.63, 3.8) is 0 Å². The molecule has 2 N–H and O–H groups in total. The quantitative estimate of drug-likeness (QED) is 0.780. The van der Waals surface area contributed by atoms with Gasteiger partial charge in [0.2, 0.25) is 0 Å². The van der Waals surface area contributed by atoms with E-state index in [-0.39, 0.29) is 12.1 Å². The van der Waals surface area contributed by atoms with Crippen LogP contribution in [-0.2, 0) is 7.05 Å². The van der Waals surface area contributed by atoms with Gasteiger partial charge in [-0.1, -0.05) is 30.3 Å². The number of fused-ring (bicyclic) bond motifs is 1. The van der Waals surface area contributed by atoms with E-state index >= 15 is 0 Å². The Bertz CT molecular complexity index is 896. The third-order valence-electron chi connectivity index (χ3n) is 3.70. The van der Waals surface area contributed by atoms with Gasteiger partial charge in [0.1, 0.15) is 0 Å². The number of benzene rings is 2. The number of anilines is 1. The lowest BCUT2D eigenvalue weighted by atomic mass is 10.1. The van der Waals surface area contributed by atoms with Crippen LogP contribution in [0.2, 0.25) is 0 Å². The molecule has 0 aliphatic carbocycles. The van der Waals surface area contributed by atoms with Crippen molar-refractivity contribution in [2.75, 3.05) is 5.32 Å². The molecule has 1 atom stereocenters. The number of aromatic nitrogens is 1. The van der Waals surface area contributed by atoms with Gasteiger partial charge in [-0.05, 0) is 30.7 Å². The molecule has 0 unspecified atom stereocenters. The molecule has 0 saturated carbocycles. The van der Waals surface area contributed by atoms with E-state index in [2.05, 4.69) is 10.6 Å². The molecule has 6 heteroatoms. The highest BCUT2D eigenvalue weighted by molar-refractivity contribution is 5.91. The van der Waals surface area contributed by atoms with E-state index in [0.717, 1.165) is 5.56 Å². The van der Waals surface area contributed by atoms with Gasteiger partial charge in [0.05, 0.1) is 11.6 Å². The number of hydrogen-bond donors (Lipinski definition) is 2. The van der Waals surface area contributed by atoms with Crippen molar-refractivity contribution in [1.29, 1.82) is 0 Å². The number of aryl methyl sites for hydroxylation is 1. The number of amides is 2. The van der Waals surface area contributed by atoms with Crippen LogP contribution in [0.15, 0.2) is 57.7 Å². The topological polar surface area (TPSA) is 76.3 Å². The second-order valence-corrected chi connectivity index (χ2v) is 5.34. The van der Waals surface area contributed by atoms with Gasteiger partial charge in [-0.3, -0.25) is 4.57 Å². The Morgan fingerprint density at radius 3 is 2.65 bits per heavy atom. The minimum atomic E-state index is -0.431. The molecule has 23 heavy (non-hydrogen) atoms. The summed E-state index contributed by atoms with van der Waals surface area (Å²) in [4.78, 5) is 23.6. The average molecular weight is 311 g/mol. The van der Waals surface area contributed by atoms with E-state index in [4.69, 9.17) is 4.42 Å². The normalized spacial score (nSPS) is 12.1. The van der Waals surface area contributed by atoms with Crippen LogP contribution < -0.4 is 16.4 Å². The van der Waals surface area contributed by atoms with Gasteiger partial charge in [0.25, 0.3) is 0 Å². The summed E-state index contributed by atoms with van der Waals surface area (Å²) in [5.74, 6) is -0.431. The molecule has 2 aromatic carbocycles. The van der Waals surface area contributed by atoms with Crippen molar-refractivity contribution >= 4 is 22.8 Å². The number of rotatable bonds is 3. The molecular weight excluding hydrogens is 294 g/mol. The Labute approximate surface area is 132 Å². The second-order valence-electron chi connectivity index (χ2n) is 5.34. The van der Waals surface area contributed by atoms with Gasteiger partial charge < -0.3 is 15.1 Å². The minimum absolute atomic E-state index is 0.113. The highest BCUT2D eigenvalue weighted by Crippen LogP contribution is 2.18.